The second-order valence-corrected chi connectivity index (χ2v) is 3.79. The van der Waals surface area contributed by atoms with Crippen LogP contribution in [0, 0.1) is 5.82 Å². The molecule has 0 unspecified atom stereocenters. The topological polar surface area (TPSA) is 44.5 Å². The van der Waals surface area contributed by atoms with Crippen molar-refractivity contribution in [2.24, 2.45) is 0 Å². The Morgan fingerprint density at radius 1 is 1.11 bits per heavy atom. The third-order valence-corrected chi connectivity index (χ3v) is 2.53. The first-order valence-corrected chi connectivity index (χ1v) is 5.50. The SMILES string of the molecule is COc1cc(N)ccc1OCc1ccccc1F. The first kappa shape index (κ1) is 12.2. The van der Waals surface area contributed by atoms with Crippen molar-refractivity contribution in [2.75, 3.05) is 12.8 Å². The summed E-state index contributed by atoms with van der Waals surface area (Å²) < 4.78 is 24.1. The van der Waals surface area contributed by atoms with Gasteiger partial charge in [-0.05, 0) is 18.2 Å². The Bertz CT molecular complexity index is 543. The van der Waals surface area contributed by atoms with Gasteiger partial charge in [-0.1, -0.05) is 18.2 Å². The minimum Gasteiger partial charge on any atom is -0.493 e. The maximum absolute atomic E-state index is 13.4. The zero-order chi connectivity index (χ0) is 13.0. The number of hydrogen-bond acceptors (Lipinski definition) is 3. The van der Waals surface area contributed by atoms with Crippen molar-refractivity contribution in [1.29, 1.82) is 0 Å². The fraction of sp³-hybridized carbons (Fsp3) is 0.143. The lowest BCUT2D eigenvalue weighted by molar-refractivity contribution is 0.280. The maximum atomic E-state index is 13.4. The minimum atomic E-state index is -0.285. The molecule has 0 radical (unpaired) electrons. The van der Waals surface area contributed by atoms with E-state index < -0.39 is 0 Å². The molecule has 3 nitrogen and oxygen atoms in total. The molecule has 2 rings (SSSR count). The number of ether oxygens (including phenoxy) is 2. The van der Waals surface area contributed by atoms with Gasteiger partial charge in [-0.15, -0.1) is 0 Å². The van der Waals surface area contributed by atoms with Crippen molar-refractivity contribution in [3.63, 3.8) is 0 Å². The highest BCUT2D eigenvalue weighted by atomic mass is 19.1. The smallest absolute Gasteiger partial charge is 0.162 e. The van der Waals surface area contributed by atoms with Crippen LogP contribution in [0.1, 0.15) is 5.56 Å². The van der Waals surface area contributed by atoms with Crippen LogP contribution in [0.3, 0.4) is 0 Å². The number of nitrogen functional groups attached to an aromatic ring is 1. The quantitative estimate of drug-likeness (QED) is 0.845. The highest BCUT2D eigenvalue weighted by Crippen LogP contribution is 2.29. The third-order valence-electron chi connectivity index (χ3n) is 2.53. The van der Waals surface area contributed by atoms with Gasteiger partial charge >= 0.3 is 0 Å². The zero-order valence-electron chi connectivity index (χ0n) is 10.0. The van der Waals surface area contributed by atoms with E-state index in [1.54, 1.807) is 36.4 Å². The van der Waals surface area contributed by atoms with Crippen LogP contribution in [-0.2, 0) is 6.61 Å². The number of halogens is 1. The molecule has 2 N–H and O–H groups in total. The summed E-state index contributed by atoms with van der Waals surface area (Å²) in [5.74, 6) is 0.785. The van der Waals surface area contributed by atoms with Crippen molar-refractivity contribution in [2.45, 2.75) is 6.61 Å². The second-order valence-electron chi connectivity index (χ2n) is 3.79. The summed E-state index contributed by atoms with van der Waals surface area (Å²) in [7, 11) is 1.53. The first-order chi connectivity index (χ1) is 8.70. The Morgan fingerprint density at radius 3 is 2.61 bits per heavy atom. The summed E-state index contributed by atoms with van der Waals surface area (Å²) in [6.45, 7) is 0.146. The van der Waals surface area contributed by atoms with Crippen LogP contribution in [0.25, 0.3) is 0 Å². The molecular weight excluding hydrogens is 233 g/mol. The van der Waals surface area contributed by atoms with E-state index in [4.69, 9.17) is 15.2 Å². The molecule has 0 saturated carbocycles. The van der Waals surface area contributed by atoms with Gasteiger partial charge < -0.3 is 15.2 Å². The zero-order valence-corrected chi connectivity index (χ0v) is 10.0. The van der Waals surface area contributed by atoms with Gasteiger partial charge in [0.1, 0.15) is 12.4 Å². The third kappa shape index (κ3) is 2.71. The lowest BCUT2D eigenvalue weighted by atomic mass is 10.2. The summed E-state index contributed by atoms with van der Waals surface area (Å²) in [6.07, 6.45) is 0. The molecule has 0 heterocycles. The van der Waals surface area contributed by atoms with Gasteiger partial charge in [-0.25, -0.2) is 4.39 Å². The molecule has 4 heteroatoms. The molecule has 2 aromatic rings. The van der Waals surface area contributed by atoms with Crippen molar-refractivity contribution in [1.82, 2.24) is 0 Å². The highest BCUT2D eigenvalue weighted by molar-refractivity contribution is 5.51. The Kier molecular flexibility index (Phi) is 3.67. The molecule has 0 bridgehead atoms. The molecule has 0 aromatic heterocycles. The number of benzene rings is 2. The Labute approximate surface area is 105 Å². The van der Waals surface area contributed by atoms with E-state index in [2.05, 4.69) is 0 Å². The maximum Gasteiger partial charge on any atom is 0.162 e. The highest BCUT2D eigenvalue weighted by Gasteiger charge is 2.06. The molecule has 0 spiro atoms. The molecule has 0 fully saturated rings. The lowest BCUT2D eigenvalue weighted by Gasteiger charge is -2.11. The summed E-state index contributed by atoms with van der Waals surface area (Å²) >= 11 is 0. The van der Waals surface area contributed by atoms with Crippen LogP contribution in [0.15, 0.2) is 42.5 Å². The number of nitrogens with two attached hydrogens (primary N) is 1. The summed E-state index contributed by atoms with van der Waals surface area (Å²) in [4.78, 5) is 0. The van der Waals surface area contributed by atoms with Gasteiger partial charge in [0.25, 0.3) is 0 Å². The molecule has 0 aliphatic heterocycles. The van der Waals surface area contributed by atoms with Crippen LogP contribution in [0.2, 0.25) is 0 Å². The molecule has 0 amide bonds. The second kappa shape index (κ2) is 5.40. The number of anilines is 1. The van der Waals surface area contributed by atoms with Gasteiger partial charge in [0.2, 0.25) is 0 Å². The van der Waals surface area contributed by atoms with Crippen LogP contribution in [0.4, 0.5) is 10.1 Å². The van der Waals surface area contributed by atoms with Crippen LogP contribution < -0.4 is 15.2 Å². The van der Waals surface area contributed by atoms with E-state index in [0.717, 1.165) is 0 Å². The molecule has 2 aromatic carbocycles. The monoisotopic (exact) mass is 247 g/mol. The van der Waals surface area contributed by atoms with Crippen molar-refractivity contribution in [3.8, 4) is 11.5 Å². The minimum absolute atomic E-state index is 0.146. The fourth-order valence-electron chi connectivity index (χ4n) is 1.57. The van der Waals surface area contributed by atoms with Crippen molar-refractivity contribution in [3.05, 3.63) is 53.8 Å². The van der Waals surface area contributed by atoms with Gasteiger partial charge in [-0.3, -0.25) is 0 Å². The molecule has 0 atom stereocenters. The Hall–Kier alpha value is -2.23. The van der Waals surface area contributed by atoms with Crippen molar-refractivity contribution >= 4 is 5.69 Å². The molecule has 0 saturated heterocycles. The van der Waals surface area contributed by atoms with Gasteiger partial charge in [0.05, 0.1) is 7.11 Å². The largest absolute Gasteiger partial charge is 0.493 e. The first-order valence-electron chi connectivity index (χ1n) is 5.50. The van der Waals surface area contributed by atoms with E-state index in [9.17, 15) is 4.39 Å². The molecule has 0 aliphatic rings. The normalized spacial score (nSPS) is 10.1. The van der Waals surface area contributed by atoms with E-state index in [1.165, 1.54) is 13.2 Å². The molecule has 0 aliphatic carbocycles. The number of methoxy groups -OCH3 is 1. The molecule has 18 heavy (non-hydrogen) atoms. The van der Waals surface area contributed by atoms with Crippen LogP contribution >= 0.6 is 0 Å². The predicted molar refractivity (Wildman–Crippen MR) is 68.1 cm³/mol. The van der Waals surface area contributed by atoms with Crippen LogP contribution in [-0.4, -0.2) is 7.11 Å². The van der Waals surface area contributed by atoms with E-state index in [1.807, 2.05) is 0 Å². The standard InChI is InChI=1S/C14H14FNO2/c1-17-14-8-11(16)6-7-13(14)18-9-10-4-2-3-5-12(10)15/h2-8H,9,16H2,1H3. The average molecular weight is 247 g/mol. The van der Waals surface area contributed by atoms with Gasteiger partial charge in [-0.2, -0.15) is 0 Å². The molecular formula is C14H14FNO2. The van der Waals surface area contributed by atoms with E-state index in [0.29, 0.717) is 22.7 Å². The fourth-order valence-corrected chi connectivity index (χ4v) is 1.57. The molecule has 94 valence electrons. The van der Waals surface area contributed by atoms with Gasteiger partial charge in [0.15, 0.2) is 11.5 Å². The van der Waals surface area contributed by atoms with E-state index in [-0.39, 0.29) is 12.4 Å². The number of hydrogen-bond donors (Lipinski definition) is 1. The van der Waals surface area contributed by atoms with Gasteiger partial charge in [0, 0.05) is 17.3 Å². The van der Waals surface area contributed by atoms with Crippen LogP contribution in [0.5, 0.6) is 11.5 Å². The van der Waals surface area contributed by atoms with Crippen molar-refractivity contribution < 1.29 is 13.9 Å². The Balaban J connectivity index is 2.13. The Morgan fingerprint density at radius 2 is 1.89 bits per heavy atom. The summed E-state index contributed by atoms with van der Waals surface area (Å²) in [5, 5.41) is 0. The summed E-state index contributed by atoms with van der Waals surface area (Å²) in [6, 6.07) is 11.6. The van der Waals surface area contributed by atoms with E-state index >= 15 is 0 Å². The predicted octanol–water partition coefficient (Wildman–Crippen LogP) is 3.00. The number of rotatable bonds is 4. The lowest BCUT2D eigenvalue weighted by Crippen LogP contribution is -2.00. The average Bonchev–Trinajstić information content (AvgIpc) is 2.39. The summed E-state index contributed by atoms with van der Waals surface area (Å²) in [5.41, 5.74) is 6.72.